The smallest absolute Gasteiger partial charge is 0.416 e. The number of nitrogens with zero attached hydrogens (tertiary/aromatic N) is 2. The van der Waals surface area contributed by atoms with Crippen molar-refractivity contribution in [1.29, 1.82) is 0 Å². The van der Waals surface area contributed by atoms with Gasteiger partial charge in [-0.05, 0) is 37.2 Å². The number of hydrogen-bond acceptors (Lipinski definition) is 5. The van der Waals surface area contributed by atoms with Crippen LogP contribution < -0.4 is 10.1 Å². The maximum atomic E-state index is 12.6. The van der Waals surface area contributed by atoms with E-state index in [0.717, 1.165) is 12.1 Å². The molecule has 0 unspecified atom stereocenters. The number of aryl methyl sites for hydroxylation is 1. The second kappa shape index (κ2) is 8.91. The Morgan fingerprint density at radius 1 is 1.24 bits per heavy atom. The molecule has 0 heterocycles. The fourth-order valence-electron chi connectivity index (χ4n) is 2.72. The number of anilines is 1. The normalized spacial score (nSPS) is 11.4. The van der Waals surface area contributed by atoms with Gasteiger partial charge in [-0.25, -0.2) is 0 Å². The number of nitrogens with one attached hydrogen (secondary N) is 1. The molecule has 7 nitrogen and oxygen atoms in total. The summed E-state index contributed by atoms with van der Waals surface area (Å²) in [4.78, 5) is 24.4. The molecule has 0 bridgehead atoms. The first-order valence-electron chi connectivity index (χ1n) is 8.49. The Bertz CT molecular complexity index is 899. The van der Waals surface area contributed by atoms with Gasteiger partial charge in [-0.3, -0.25) is 19.8 Å². The van der Waals surface area contributed by atoms with E-state index in [4.69, 9.17) is 4.74 Å². The number of rotatable bonds is 7. The zero-order valence-corrected chi connectivity index (χ0v) is 16.0. The number of nitro groups is 1. The van der Waals surface area contributed by atoms with Gasteiger partial charge in [0, 0.05) is 24.4 Å². The van der Waals surface area contributed by atoms with Gasteiger partial charge in [0.1, 0.15) is 0 Å². The largest absolute Gasteiger partial charge is 0.490 e. The quantitative estimate of drug-likeness (QED) is 0.550. The lowest BCUT2D eigenvalue weighted by Gasteiger charge is -2.17. The minimum absolute atomic E-state index is 0.0222. The summed E-state index contributed by atoms with van der Waals surface area (Å²) < 4.78 is 42.8. The molecular weight excluding hydrogens is 391 g/mol. The molecular formula is C19H20F3N3O4. The molecule has 0 aliphatic rings. The summed E-state index contributed by atoms with van der Waals surface area (Å²) in [6.07, 6.45) is -4.39. The molecule has 0 saturated heterocycles. The predicted octanol–water partition coefficient (Wildman–Crippen LogP) is 4.00. The van der Waals surface area contributed by atoms with Crippen LogP contribution >= 0.6 is 0 Å². The van der Waals surface area contributed by atoms with Gasteiger partial charge in [0.15, 0.2) is 5.75 Å². The number of nitro benzene ring substituents is 1. The lowest BCUT2D eigenvalue weighted by Crippen LogP contribution is -2.30. The van der Waals surface area contributed by atoms with E-state index >= 15 is 0 Å². The summed E-state index contributed by atoms with van der Waals surface area (Å²) in [6.45, 7) is 1.86. The maximum absolute atomic E-state index is 12.6. The van der Waals surface area contributed by atoms with E-state index in [-0.39, 0.29) is 30.4 Å². The molecule has 0 radical (unpaired) electrons. The van der Waals surface area contributed by atoms with E-state index in [1.54, 1.807) is 18.9 Å². The fourth-order valence-corrected chi connectivity index (χ4v) is 2.72. The highest BCUT2D eigenvalue weighted by molar-refractivity contribution is 5.93. The SMILES string of the molecule is COc1cc(NC(=O)CN(C)Cc2ccc(C(F)(F)F)cc2)c(C)cc1[N+](=O)[O-]. The Balaban J connectivity index is 2.01. The highest BCUT2D eigenvalue weighted by Gasteiger charge is 2.30. The van der Waals surface area contributed by atoms with E-state index in [1.807, 2.05) is 0 Å². The zero-order chi connectivity index (χ0) is 21.8. The number of likely N-dealkylation sites (N-methyl/N-ethyl adjacent to an activating group) is 1. The van der Waals surface area contributed by atoms with Gasteiger partial charge in [-0.15, -0.1) is 0 Å². The lowest BCUT2D eigenvalue weighted by molar-refractivity contribution is -0.385. The number of carbonyl (C=O) groups excluding carboxylic acids is 1. The molecule has 1 amide bonds. The van der Waals surface area contributed by atoms with Crippen molar-refractivity contribution in [2.45, 2.75) is 19.6 Å². The van der Waals surface area contributed by atoms with Crippen molar-refractivity contribution in [1.82, 2.24) is 4.90 Å². The molecule has 156 valence electrons. The topological polar surface area (TPSA) is 84.7 Å². The maximum Gasteiger partial charge on any atom is 0.416 e. The average Bonchev–Trinajstić information content (AvgIpc) is 2.62. The molecule has 0 atom stereocenters. The molecule has 0 aromatic heterocycles. The van der Waals surface area contributed by atoms with Crippen LogP contribution in [0.5, 0.6) is 5.75 Å². The number of halogens is 3. The van der Waals surface area contributed by atoms with Crippen LogP contribution in [0.1, 0.15) is 16.7 Å². The van der Waals surface area contributed by atoms with Crippen molar-refractivity contribution in [2.24, 2.45) is 0 Å². The van der Waals surface area contributed by atoms with Crippen LogP contribution in [0.25, 0.3) is 0 Å². The van der Waals surface area contributed by atoms with Gasteiger partial charge in [0.2, 0.25) is 5.91 Å². The second-order valence-corrected chi connectivity index (χ2v) is 6.51. The number of amides is 1. The summed E-state index contributed by atoms with van der Waals surface area (Å²) >= 11 is 0. The summed E-state index contributed by atoms with van der Waals surface area (Å²) in [5.41, 5.74) is 0.560. The van der Waals surface area contributed by atoms with Gasteiger partial charge in [0.25, 0.3) is 0 Å². The third-order valence-corrected chi connectivity index (χ3v) is 4.14. The van der Waals surface area contributed by atoms with Crippen LogP contribution in [0, 0.1) is 17.0 Å². The van der Waals surface area contributed by atoms with Crippen molar-refractivity contribution >= 4 is 17.3 Å². The molecule has 0 fully saturated rings. The Labute approximate surface area is 165 Å². The summed E-state index contributed by atoms with van der Waals surface area (Å²) in [5.74, 6) is -0.354. The van der Waals surface area contributed by atoms with E-state index in [9.17, 15) is 28.1 Å². The predicted molar refractivity (Wildman–Crippen MR) is 101 cm³/mol. The van der Waals surface area contributed by atoms with Crippen molar-refractivity contribution in [3.05, 3.63) is 63.2 Å². The van der Waals surface area contributed by atoms with Crippen LogP contribution in [0.2, 0.25) is 0 Å². The number of ether oxygens (including phenoxy) is 1. The first-order chi connectivity index (χ1) is 13.5. The zero-order valence-electron chi connectivity index (χ0n) is 16.0. The molecule has 2 aromatic rings. The van der Waals surface area contributed by atoms with E-state index in [1.165, 1.54) is 31.4 Å². The standard InChI is InChI=1S/C19H20F3N3O4/c1-12-8-16(25(27)28)17(29-3)9-15(12)23-18(26)11-24(2)10-13-4-6-14(7-5-13)19(20,21)22/h4-9H,10-11H2,1-3H3,(H,23,26). The molecule has 1 N–H and O–H groups in total. The number of benzene rings is 2. The molecule has 0 spiro atoms. The fraction of sp³-hybridized carbons (Fsp3) is 0.316. The van der Waals surface area contributed by atoms with Crippen LogP contribution in [-0.2, 0) is 17.5 Å². The third kappa shape index (κ3) is 5.92. The van der Waals surface area contributed by atoms with Crippen LogP contribution in [-0.4, -0.2) is 36.4 Å². The number of methoxy groups -OCH3 is 1. The summed E-state index contributed by atoms with van der Waals surface area (Å²) in [5, 5.41) is 13.7. The van der Waals surface area contributed by atoms with Gasteiger partial charge in [0.05, 0.1) is 24.1 Å². The minimum Gasteiger partial charge on any atom is -0.490 e. The Kier molecular flexibility index (Phi) is 6.80. The Morgan fingerprint density at radius 3 is 2.38 bits per heavy atom. The van der Waals surface area contributed by atoms with E-state index in [2.05, 4.69) is 5.32 Å². The van der Waals surface area contributed by atoms with Gasteiger partial charge < -0.3 is 10.1 Å². The van der Waals surface area contributed by atoms with Crippen LogP contribution in [0.15, 0.2) is 36.4 Å². The number of alkyl halides is 3. The highest BCUT2D eigenvalue weighted by atomic mass is 19.4. The summed E-state index contributed by atoms with van der Waals surface area (Å²) in [7, 11) is 2.95. The molecule has 2 rings (SSSR count). The average molecular weight is 411 g/mol. The molecule has 29 heavy (non-hydrogen) atoms. The van der Waals surface area contributed by atoms with Gasteiger partial charge in [-0.1, -0.05) is 12.1 Å². The molecule has 0 aliphatic heterocycles. The third-order valence-electron chi connectivity index (χ3n) is 4.14. The first kappa shape index (κ1) is 22.2. The van der Waals surface area contributed by atoms with Crippen LogP contribution in [0.3, 0.4) is 0 Å². The van der Waals surface area contributed by atoms with Crippen molar-refractivity contribution < 1.29 is 27.6 Å². The second-order valence-electron chi connectivity index (χ2n) is 6.51. The van der Waals surface area contributed by atoms with E-state index in [0.29, 0.717) is 16.8 Å². The molecule has 0 aliphatic carbocycles. The molecule has 0 saturated carbocycles. The highest BCUT2D eigenvalue weighted by Crippen LogP contribution is 2.33. The Hall–Kier alpha value is -3.14. The number of hydrogen-bond donors (Lipinski definition) is 1. The summed E-state index contributed by atoms with van der Waals surface area (Å²) in [6, 6.07) is 7.40. The monoisotopic (exact) mass is 411 g/mol. The van der Waals surface area contributed by atoms with Crippen molar-refractivity contribution in [3.8, 4) is 5.75 Å². The lowest BCUT2D eigenvalue weighted by atomic mass is 10.1. The molecule has 10 heteroatoms. The van der Waals surface area contributed by atoms with E-state index < -0.39 is 16.7 Å². The first-order valence-corrected chi connectivity index (χ1v) is 8.49. The van der Waals surface area contributed by atoms with Gasteiger partial charge in [-0.2, -0.15) is 13.2 Å². The van der Waals surface area contributed by atoms with Crippen LogP contribution in [0.4, 0.5) is 24.5 Å². The van der Waals surface area contributed by atoms with Crippen molar-refractivity contribution in [2.75, 3.05) is 26.0 Å². The van der Waals surface area contributed by atoms with Crippen molar-refractivity contribution in [3.63, 3.8) is 0 Å². The Morgan fingerprint density at radius 2 is 1.86 bits per heavy atom. The molecule has 2 aromatic carbocycles. The minimum atomic E-state index is -4.39. The number of carbonyl (C=O) groups is 1. The van der Waals surface area contributed by atoms with Gasteiger partial charge >= 0.3 is 11.9 Å².